The first-order valence-electron chi connectivity index (χ1n) is 7.78. The van der Waals surface area contributed by atoms with Crippen molar-refractivity contribution in [1.82, 2.24) is 15.0 Å². The first-order valence-corrected chi connectivity index (χ1v) is 14.8. The predicted octanol–water partition coefficient (Wildman–Crippen LogP) is 3.24. The Balaban J connectivity index is 2.47. The number of hydrogen-bond donors (Lipinski definition) is 0. The summed E-state index contributed by atoms with van der Waals surface area (Å²) in [6.45, 7) is 13.9. The average molecular weight is 346 g/mol. The SMILES string of the molecule is C[Si](C)(C)C#Cc1c([Si](C)(C)C)nnn1Cc1cccc(F)c1. The zero-order valence-corrected chi connectivity index (χ0v) is 16.7. The summed E-state index contributed by atoms with van der Waals surface area (Å²) in [5.41, 5.74) is 5.18. The molecule has 0 amide bonds. The number of nitrogens with zero attached hydrogens (tertiary/aromatic N) is 3. The number of halogens is 1. The van der Waals surface area contributed by atoms with Gasteiger partial charge < -0.3 is 0 Å². The van der Waals surface area contributed by atoms with Crippen molar-refractivity contribution in [2.24, 2.45) is 0 Å². The van der Waals surface area contributed by atoms with E-state index in [1.54, 1.807) is 6.07 Å². The van der Waals surface area contributed by atoms with Crippen LogP contribution in [0.3, 0.4) is 0 Å². The molecular weight excluding hydrogens is 321 g/mol. The van der Waals surface area contributed by atoms with E-state index >= 15 is 0 Å². The van der Waals surface area contributed by atoms with Gasteiger partial charge in [-0.15, -0.1) is 10.6 Å². The Morgan fingerprint density at radius 2 is 1.83 bits per heavy atom. The molecule has 23 heavy (non-hydrogen) atoms. The smallest absolute Gasteiger partial charge is 0.129 e. The molecule has 1 aromatic heterocycles. The van der Waals surface area contributed by atoms with Gasteiger partial charge in [-0.1, -0.05) is 62.5 Å². The van der Waals surface area contributed by atoms with Crippen molar-refractivity contribution in [2.75, 3.05) is 0 Å². The van der Waals surface area contributed by atoms with Gasteiger partial charge in [-0.2, -0.15) is 0 Å². The summed E-state index contributed by atoms with van der Waals surface area (Å²) in [6, 6.07) is 6.60. The summed E-state index contributed by atoms with van der Waals surface area (Å²) in [7, 11) is -3.13. The lowest BCUT2D eigenvalue weighted by molar-refractivity contribution is 0.612. The van der Waals surface area contributed by atoms with Crippen molar-refractivity contribution in [3.63, 3.8) is 0 Å². The maximum absolute atomic E-state index is 13.4. The molecule has 6 heteroatoms. The van der Waals surface area contributed by atoms with Gasteiger partial charge in [0, 0.05) is 0 Å². The highest BCUT2D eigenvalue weighted by molar-refractivity contribution is 6.88. The van der Waals surface area contributed by atoms with Gasteiger partial charge in [-0.05, 0) is 17.7 Å². The van der Waals surface area contributed by atoms with Crippen LogP contribution in [0.2, 0.25) is 39.3 Å². The van der Waals surface area contributed by atoms with Crippen LogP contribution < -0.4 is 5.32 Å². The van der Waals surface area contributed by atoms with Gasteiger partial charge in [-0.25, -0.2) is 9.07 Å². The molecule has 0 saturated carbocycles. The molecule has 0 spiro atoms. The summed E-state index contributed by atoms with van der Waals surface area (Å²) < 4.78 is 15.2. The topological polar surface area (TPSA) is 30.7 Å². The molecule has 0 N–H and O–H groups in total. The number of aromatic nitrogens is 3. The molecule has 0 radical (unpaired) electrons. The molecule has 0 saturated heterocycles. The fraction of sp³-hybridized carbons (Fsp3) is 0.412. The van der Waals surface area contributed by atoms with E-state index in [0.717, 1.165) is 16.6 Å². The Morgan fingerprint density at radius 1 is 1.13 bits per heavy atom. The van der Waals surface area contributed by atoms with Crippen LogP contribution in [0, 0.1) is 17.3 Å². The van der Waals surface area contributed by atoms with Gasteiger partial charge in [0.25, 0.3) is 0 Å². The third-order valence-electron chi connectivity index (χ3n) is 3.22. The van der Waals surface area contributed by atoms with Crippen molar-refractivity contribution < 1.29 is 4.39 Å². The predicted molar refractivity (Wildman–Crippen MR) is 98.7 cm³/mol. The first kappa shape index (κ1) is 17.6. The lowest BCUT2D eigenvalue weighted by Crippen LogP contribution is -2.41. The molecule has 122 valence electrons. The fourth-order valence-electron chi connectivity index (χ4n) is 2.11. The second kappa shape index (κ2) is 6.42. The Kier molecular flexibility index (Phi) is 4.92. The summed E-state index contributed by atoms with van der Waals surface area (Å²) in [6.07, 6.45) is 0. The molecule has 2 rings (SSSR count). The lowest BCUT2D eigenvalue weighted by Gasteiger charge is -2.13. The minimum Gasteiger partial charge on any atom is -0.233 e. The minimum atomic E-state index is -1.64. The molecule has 0 aliphatic rings. The molecule has 0 fully saturated rings. The third kappa shape index (κ3) is 4.88. The fourth-order valence-corrected chi connectivity index (χ4v) is 3.85. The molecule has 0 aliphatic carbocycles. The second-order valence-electron chi connectivity index (χ2n) is 7.82. The van der Waals surface area contributed by atoms with E-state index in [4.69, 9.17) is 0 Å². The summed E-state index contributed by atoms with van der Waals surface area (Å²) >= 11 is 0. The van der Waals surface area contributed by atoms with Crippen LogP contribution in [0.1, 0.15) is 11.3 Å². The average Bonchev–Trinajstić information content (AvgIpc) is 2.78. The highest BCUT2D eigenvalue weighted by atomic mass is 28.3. The minimum absolute atomic E-state index is 0.234. The lowest BCUT2D eigenvalue weighted by atomic mass is 10.2. The van der Waals surface area contributed by atoms with E-state index in [1.807, 2.05) is 10.7 Å². The second-order valence-corrected chi connectivity index (χ2v) is 17.5. The molecule has 0 unspecified atom stereocenters. The van der Waals surface area contributed by atoms with Crippen LogP contribution >= 0.6 is 0 Å². The summed E-state index contributed by atoms with van der Waals surface area (Å²) in [4.78, 5) is 0. The largest absolute Gasteiger partial charge is 0.233 e. The van der Waals surface area contributed by atoms with Crippen LogP contribution in [0.4, 0.5) is 4.39 Å². The highest BCUT2D eigenvalue weighted by Crippen LogP contribution is 2.09. The third-order valence-corrected chi connectivity index (χ3v) is 5.86. The molecule has 0 aliphatic heterocycles. The van der Waals surface area contributed by atoms with Gasteiger partial charge in [0.1, 0.15) is 27.7 Å². The Morgan fingerprint density at radius 3 is 2.39 bits per heavy atom. The molecule has 0 bridgehead atoms. The van der Waals surface area contributed by atoms with Gasteiger partial charge in [0.15, 0.2) is 0 Å². The maximum atomic E-state index is 13.4. The molecule has 1 heterocycles. The summed E-state index contributed by atoms with van der Waals surface area (Å²) in [5.74, 6) is 3.10. The van der Waals surface area contributed by atoms with Crippen LogP contribution in [0.15, 0.2) is 24.3 Å². The Bertz CT molecular complexity index is 759. The normalized spacial score (nSPS) is 12.0. The van der Waals surface area contributed by atoms with Crippen molar-refractivity contribution in [2.45, 2.75) is 45.8 Å². The molecule has 3 nitrogen and oxygen atoms in total. The summed E-state index contributed by atoms with van der Waals surface area (Å²) in [5, 5.41) is 9.73. The molecule has 2 aromatic rings. The van der Waals surface area contributed by atoms with E-state index in [9.17, 15) is 4.39 Å². The van der Waals surface area contributed by atoms with Crippen molar-refractivity contribution >= 4 is 21.5 Å². The Hall–Kier alpha value is -1.72. The zero-order valence-electron chi connectivity index (χ0n) is 14.7. The monoisotopic (exact) mass is 345 g/mol. The molecular formula is C17H24FN3Si2. The quantitative estimate of drug-likeness (QED) is 0.631. The van der Waals surface area contributed by atoms with E-state index in [2.05, 4.69) is 61.1 Å². The first-order chi connectivity index (χ1) is 10.6. The van der Waals surface area contributed by atoms with Crippen LogP contribution in [-0.4, -0.2) is 31.1 Å². The van der Waals surface area contributed by atoms with Gasteiger partial charge in [-0.3, -0.25) is 0 Å². The highest BCUT2D eigenvalue weighted by Gasteiger charge is 2.26. The molecule has 0 atom stereocenters. The van der Waals surface area contributed by atoms with E-state index in [0.29, 0.717) is 6.54 Å². The van der Waals surface area contributed by atoms with Crippen LogP contribution in [0.25, 0.3) is 0 Å². The van der Waals surface area contributed by atoms with Gasteiger partial charge >= 0.3 is 0 Å². The van der Waals surface area contributed by atoms with Crippen LogP contribution in [-0.2, 0) is 6.54 Å². The van der Waals surface area contributed by atoms with Crippen molar-refractivity contribution in [3.8, 4) is 11.5 Å². The van der Waals surface area contributed by atoms with E-state index < -0.39 is 16.1 Å². The maximum Gasteiger partial charge on any atom is 0.129 e. The standard InChI is InChI=1S/C17H24FN3Si2/c1-22(2,3)11-10-16-17(23(4,5)6)19-20-21(16)13-14-8-7-9-15(18)12-14/h7-9,12H,13H2,1-6H3. The number of benzene rings is 1. The van der Waals surface area contributed by atoms with Gasteiger partial charge in [0.05, 0.1) is 11.9 Å². The van der Waals surface area contributed by atoms with Crippen molar-refractivity contribution in [1.29, 1.82) is 0 Å². The molecule has 1 aromatic carbocycles. The van der Waals surface area contributed by atoms with E-state index in [1.165, 1.54) is 12.1 Å². The van der Waals surface area contributed by atoms with Crippen LogP contribution in [0.5, 0.6) is 0 Å². The van der Waals surface area contributed by atoms with E-state index in [-0.39, 0.29) is 5.82 Å². The van der Waals surface area contributed by atoms with Crippen molar-refractivity contribution in [3.05, 3.63) is 41.3 Å². The number of rotatable bonds is 3. The zero-order chi connectivity index (χ0) is 17.3. The number of hydrogen-bond acceptors (Lipinski definition) is 2. The van der Waals surface area contributed by atoms with Gasteiger partial charge in [0.2, 0.25) is 0 Å². The Labute approximate surface area is 139 Å².